The molecule has 0 bridgehead atoms. The third-order valence-electron chi connectivity index (χ3n) is 2.84. The summed E-state index contributed by atoms with van der Waals surface area (Å²) in [5.74, 6) is 0.242. The summed E-state index contributed by atoms with van der Waals surface area (Å²) < 4.78 is 0. The van der Waals surface area contributed by atoms with Crippen LogP contribution in [0, 0.1) is 5.92 Å². The normalized spacial score (nSPS) is 14.7. The van der Waals surface area contributed by atoms with E-state index in [-0.39, 0.29) is 12.3 Å². The van der Waals surface area contributed by atoms with E-state index >= 15 is 0 Å². The maximum atomic E-state index is 10.7. The largest absolute Gasteiger partial charge is 0.392 e. The van der Waals surface area contributed by atoms with E-state index in [1.165, 1.54) is 0 Å². The molecule has 1 heterocycles. The van der Waals surface area contributed by atoms with Gasteiger partial charge in [-0.1, -0.05) is 6.92 Å². The SMILES string of the molecule is C[C@H](CCN(C)Cc1nnn[nH]1)[C@@H](O)CC(N)=O. The van der Waals surface area contributed by atoms with Crippen LogP contribution in [0.15, 0.2) is 0 Å². The number of tetrazole rings is 1. The number of nitrogens with zero attached hydrogens (tertiary/aromatic N) is 4. The summed E-state index contributed by atoms with van der Waals surface area (Å²) in [6, 6.07) is 0. The maximum Gasteiger partial charge on any atom is 0.220 e. The summed E-state index contributed by atoms with van der Waals surface area (Å²) in [6.45, 7) is 3.29. The number of hydrogen-bond donors (Lipinski definition) is 3. The Hall–Kier alpha value is -1.54. The first-order valence-electron chi connectivity index (χ1n) is 5.86. The monoisotopic (exact) mass is 256 g/mol. The van der Waals surface area contributed by atoms with Gasteiger partial charge in [-0.2, -0.15) is 0 Å². The van der Waals surface area contributed by atoms with Crippen LogP contribution in [-0.4, -0.2) is 56.2 Å². The number of amides is 1. The maximum absolute atomic E-state index is 10.7. The van der Waals surface area contributed by atoms with Crippen molar-refractivity contribution in [3.8, 4) is 0 Å². The average Bonchev–Trinajstić information content (AvgIpc) is 2.77. The molecule has 0 unspecified atom stereocenters. The minimum Gasteiger partial charge on any atom is -0.392 e. The Kier molecular flexibility index (Phi) is 5.66. The summed E-state index contributed by atoms with van der Waals surface area (Å²) in [4.78, 5) is 12.7. The third-order valence-corrected chi connectivity index (χ3v) is 2.84. The minimum atomic E-state index is -0.678. The Morgan fingerprint density at radius 3 is 2.89 bits per heavy atom. The van der Waals surface area contributed by atoms with E-state index < -0.39 is 12.0 Å². The van der Waals surface area contributed by atoms with Gasteiger partial charge in [0.25, 0.3) is 0 Å². The Morgan fingerprint density at radius 1 is 1.61 bits per heavy atom. The molecule has 1 aromatic rings. The van der Waals surface area contributed by atoms with Gasteiger partial charge in [0.15, 0.2) is 5.82 Å². The number of nitrogens with one attached hydrogen (secondary N) is 1. The molecular formula is C10H20N6O2. The van der Waals surface area contributed by atoms with Gasteiger partial charge in [-0.15, -0.1) is 5.10 Å². The molecule has 102 valence electrons. The fourth-order valence-electron chi connectivity index (χ4n) is 1.60. The van der Waals surface area contributed by atoms with Crippen molar-refractivity contribution in [3.63, 3.8) is 0 Å². The number of carbonyl (C=O) groups excluding carboxylic acids is 1. The van der Waals surface area contributed by atoms with Gasteiger partial charge in [0.2, 0.25) is 5.91 Å². The standard InChI is InChI=1S/C10H20N6O2/c1-7(8(17)5-9(11)18)3-4-16(2)6-10-12-14-15-13-10/h7-8,17H,3-6H2,1-2H3,(H2,11,18)(H,12,13,14,15)/t7-,8+/m1/s1. The predicted octanol–water partition coefficient (Wildman–Crippen LogP) is -1.11. The molecule has 0 aliphatic carbocycles. The Morgan fingerprint density at radius 2 is 2.33 bits per heavy atom. The number of aromatic amines is 1. The van der Waals surface area contributed by atoms with E-state index in [9.17, 15) is 9.90 Å². The van der Waals surface area contributed by atoms with Gasteiger partial charge in [-0.3, -0.25) is 9.69 Å². The Bertz CT molecular complexity index is 355. The van der Waals surface area contributed by atoms with Crippen LogP contribution in [0.5, 0.6) is 0 Å². The lowest BCUT2D eigenvalue weighted by Crippen LogP contribution is -2.29. The number of hydrogen-bond acceptors (Lipinski definition) is 6. The fraction of sp³-hybridized carbons (Fsp3) is 0.800. The van der Waals surface area contributed by atoms with E-state index in [1.807, 2.05) is 18.9 Å². The van der Waals surface area contributed by atoms with Crippen LogP contribution in [0.2, 0.25) is 0 Å². The van der Waals surface area contributed by atoms with Gasteiger partial charge in [-0.25, -0.2) is 5.10 Å². The van der Waals surface area contributed by atoms with Crippen LogP contribution in [-0.2, 0) is 11.3 Å². The van der Waals surface area contributed by atoms with Crippen molar-refractivity contribution >= 4 is 5.91 Å². The molecule has 0 saturated heterocycles. The summed E-state index contributed by atoms with van der Waals surface area (Å²) in [7, 11) is 1.94. The lowest BCUT2D eigenvalue weighted by atomic mass is 9.98. The van der Waals surface area contributed by atoms with E-state index in [2.05, 4.69) is 20.6 Å². The number of rotatable bonds is 8. The zero-order chi connectivity index (χ0) is 13.5. The molecule has 0 aliphatic heterocycles. The molecule has 2 atom stereocenters. The zero-order valence-electron chi connectivity index (χ0n) is 10.7. The van der Waals surface area contributed by atoms with Crippen LogP contribution < -0.4 is 5.73 Å². The second-order valence-corrected chi connectivity index (χ2v) is 4.59. The molecule has 1 amide bonds. The molecule has 0 spiro atoms. The van der Waals surface area contributed by atoms with Crippen LogP contribution in [0.25, 0.3) is 0 Å². The van der Waals surface area contributed by atoms with Crippen LogP contribution in [0.1, 0.15) is 25.6 Å². The van der Waals surface area contributed by atoms with Gasteiger partial charge in [0.1, 0.15) is 0 Å². The van der Waals surface area contributed by atoms with Crippen LogP contribution >= 0.6 is 0 Å². The molecule has 0 aromatic carbocycles. The van der Waals surface area contributed by atoms with Crippen molar-refractivity contribution in [2.75, 3.05) is 13.6 Å². The van der Waals surface area contributed by atoms with Crippen LogP contribution in [0.3, 0.4) is 0 Å². The molecule has 4 N–H and O–H groups in total. The molecule has 18 heavy (non-hydrogen) atoms. The first-order chi connectivity index (χ1) is 8.49. The lowest BCUT2D eigenvalue weighted by Gasteiger charge is -2.21. The Balaban J connectivity index is 2.24. The molecule has 0 radical (unpaired) electrons. The van der Waals surface area contributed by atoms with Crippen molar-refractivity contribution in [1.29, 1.82) is 0 Å². The highest BCUT2D eigenvalue weighted by Gasteiger charge is 2.17. The van der Waals surface area contributed by atoms with Crippen LogP contribution in [0.4, 0.5) is 0 Å². The molecular weight excluding hydrogens is 236 g/mol. The highest BCUT2D eigenvalue weighted by atomic mass is 16.3. The summed E-state index contributed by atoms with van der Waals surface area (Å²) in [5, 5.41) is 23.2. The van der Waals surface area contributed by atoms with Crippen molar-refractivity contribution in [1.82, 2.24) is 25.5 Å². The van der Waals surface area contributed by atoms with E-state index in [0.29, 0.717) is 12.4 Å². The van der Waals surface area contributed by atoms with Crippen molar-refractivity contribution in [3.05, 3.63) is 5.82 Å². The topological polar surface area (TPSA) is 121 Å². The van der Waals surface area contributed by atoms with Gasteiger partial charge in [-0.05, 0) is 36.4 Å². The number of aromatic nitrogens is 4. The molecule has 1 rings (SSSR count). The number of H-pyrrole nitrogens is 1. The molecule has 8 heteroatoms. The van der Waals surface area contributed by atoms with E-state index in [0.717, 1.165) is 13.0 Å². The molecule has 0 fully saturated rings. The minimum absolute atomic E-state index is 0.0108. The number of primary amides is 1. The van der Waals surface area contributed by atoms with Gasteiger partial charge in [0.05, 0.1) is 19.1 Å². The number of nitrogens with two attached hydrogens (primary N) is 1. The zero-order valence-corrected chi connectivity index (χ0v) is 10.7. The fourth-order valence-corrected chi connectivity index (χ4v) is 1.60. The molecule has 0 saturated carbocycles. The molecule has 8 nitrogen and oxygen atoms in total. The van der Waals surface area contributed by atoms with Crippen molar-refractivity contribution in [2.45, 2.75) is 32.4 Å². The number of aliphatic hydroxyl groups excluding tert-OH is 1. The smallest absolute Gasteiger partial charge is 0.220 e. The first-order valence-corrected chi connectivity index (χ1v) is 5.86. The molecule has 1 aromatic heterocycles. The van der Waals surface area contributed by atoms with Crippen molar-refractivity contribution in [2.24, 2.45) is 11.7 Å². The average molecular weight is 256 g/mol. The first kappa shape index (κ1) is 14.5. The predicted molar refractivity (Wildman–Crippen MR) is 64.1 cm³/mol. The number of aliphatic hydroxyl groups is 1. The lowest BCUT2D eigenvalue weighted by molar-refractivity contribution is -0.120. The molecule has 0 aliphatic rings. The highest BCUT2D eigenvalue weighted by molar-refractivity contribution is 5.74. The summed E-state index contributed by atoms with van der Waals surface area (Å²) in [6.07, 6.45) is 0.103. The second kappa shape index (κ2) is 7.02. The van der Waals surface area contributed by atoms with E-state index in [4.69, 9.17) is 5.73 Å². The Labute approximate surface area is 106 Å². The summed E-state index contributed by atoms with van der Waals surface area (Å²) >= 11 is 0. The quantitative estimate of drug-likeness (QED) is 0.542. The van der Waals surface area contributed by atoms with Crippen molar-refractivity contribution < 1.29 is 9.90 Å². The summed E-state index contributed by atoms with van der Waals surface area (Å²) in [5.41, 5.74) is 5.04. The van der Waals surface area contributed by atoms with E-state index in [1.54, 1.807) is 0 Å². The number of carbonyl (C=O) groups is 1. The second-order valence-electron chi connectivity index (χ2n) is 4.59. The third kappa shape index (κ3) is 5.19. The van der Waals surface area contributed by atoms with Gasteiger partial charge >= 0.3 is 0 Å². The highest BCUT2D eigenvalue weighted by Crippen LogP contribution is 2.12. The van der Waals surface area contributed by atoms with Gasteiger partial charge < -0.3 is 10.8 Å². The van der Waals surface area contributed by atoms with Gasteiger partial charge in [0, 0.05) is 0 Å².